The van der Waals surface area contributed by atoms with E-state index in [1.807, 2.05) is 7.05 Å². The maximum Gasteiger partial charge on any atom is 0.359 e. The molecule has 1 saturated heterocycles. The first-order chi connectivity index (χ1) is 9.39. The molecule has 2 rings (SSSR count). The highest BCUT2D eigenvalue weighted by Crippen LogP contribution is 2.29. The summed E-state index contributed by atoms with van der Waals surface area (Å²) in [6.45, 7) is 1.23. The summed E-state index contributed by atoms with van der Waals surface area (Å²) in [6, 6.07) is 0. The minimum absolute atomic E-state index is 0.0313. The third kappa shape index (κ3) is 3.70. The van der Waals surface area contributed by atoms with Crippen molar-refractivity contribution in [3.05, 3.63) is 0 Å². The molecule has 20 heavy (non-hydrogen) atoms. The lowest BCUT2D eigenvalue weighted by molar-refractivity contribution is -0.891. The van der Waals surface area contributed by atoms with Crippen LogP contribution in [0.3, 0.4) is 0 Å². The van der Waals surface area contributed by atoms with Crippen LogP contribution in [-0.4, -0.2) is 65.5 Å². The fourth-order valence-electron chi connectivity index (χ4n) is 3.40. The molecule has 1 saturated carbocycles. The number of aliphatic hydroxyl groups excluding tert-OH is 1. The number of carbonyl (C=O) groups excluding carboxylic acids is 1. The predicted octanol–water partition coefficient (Wildman–Crippen LogP) is 0.384. The van der Waals surface area contributed by atoms with Gasteiger partial charge in [-0.05, 0) is 18.8 Å². The monoisotopic (exact) mass is 286 g/mol. The average Bonchev–Trinajstić information content (AvgIpc) is 2.97. The van der Waals surface area contributed by atoms with Crippen LogP contribution >= 0.6 is 0 Å². The summed E-state index contributed by atoms with van der Waals surface area (Å²) in [5, 5.41) is 18.9. The maximum absolute atomic E-state index is 11.9. The Kier molecular flexibility index (Phi) is 4.65. The largest absolute Gasteiger partial charge is 0.477 e. The number of nitrogens with zero attached hydrogens (tertiary/aromatic N) is 1. The number of aliphatic carboxylic acids is 1. The Morgan fingerprint density at radius 1 is 1.30 bits per heavy atom. The van der Waals surface area contributed by atoms with Gasteiger partial charge in [-0.15, -0.1) is 0 Å². The molecule has 1 heterocycles. The summed E-state index contributed by atoms with van der Waals surface area (Å²) < 4.78 is 5.75. The van der Waals surface area contributed by atoms with Crippen LogP contribution < -0.4 is 0 Å². The first kappa shape index (κ1) is 15.3. The molecule has 2 N–H and O–H groups in total. The van der Waals surface area contributed by atoms with Gasteiger partial charge in [-0.3, -0.25) is 0 Å². The van der Waals surface area contributed by atoms with Crippen molar-refractivity contribution in [3.63, 3.8) is 0 Å². The van der Waals surface area contributed by atoms with E-state index in [1.165, 1.54) is 0 Å². The quantitative estimate of drug-likeness (QED) is 0.564. The van der Waals surface area contributed by atoms with Crippen LogP contribution in [0.1, 0.15) is 32.1 Å². The van der Waals surface area contributed by atoms with Crippen LogP contribution in [-0.2, 0) is 14.3 Å². The molecule has 0 aromatic rings. The summed E-state index contributed by atoms with van der Waals surface area (Å²) in [6.07, 6.45) is 3.26. The second-order valence-electron chi connectivity index (χ2n) is 6.41. The third-order valence-corrected chi connectivity index (χ3v) is 4.52. The van der Waals surface area contributed by atoms with Crippen LogP contribution in [0.5, 0.6) is 0 Å². The van der Waals surface area contributed by atoms with Gasteiger partial charge in [0, 0.05) is 6.42 Å². The molecule has 6 heteroatoms. The minimum Gasteiger partial charge on any atom is -0.477 e. The van der Waals surface area contributed by atoms with Gasteiger partial charge in [-0.1, -0.05) is 12.8 Å². The van der Waals surface area contributed by atoms with E-state index in [4.69, 9.17) is 9.84 Å². The van der Waals surface area contributed by atoms with Crippen LogP contribution in [0.2, 0.25) is 0 Å². The lowest BCUT2D eigenvalue weighted by Crippen LogP contribution is -2.46. The Balaban J connectivity index is 1.82. The van der Waals surface area contributed by atoms with Gasteiger partial charge in [0.25, 0.3) is 0 Å². The van der Waals surface area contributed by atoms with Crippen molar-refractivity contribution in [1.29, 1.82) is 0 Å². The van der Waals surface area contributed by atoms with E-state index < -0.39 is 18.0 Å². The molecule has 2 aliphatic rings. The number of carbonyl (C=O) groups is 2. The Morgan fingerprint density at radius 2 is 1.95 bits per heavy atom. The van der Waals surface area contributed by atoms with Crippen molar-refractivity contribution in [2.45, 2.75) is 44.3 Å². The van der Waals surface area contributed by atoms with E-state index in [0.717, 1.165) is 25.7 Å². The average molecular weight is 286 g/mol. The number of hydrogen-bond acceptors (Lipinski definition) is 4. The van der Waals surface area contributed by atoms with Crippen LogP contribution in [0.4, 0.5) is 0 Å². The molecule has 3 unspecified atom stereocenters. The highest BCUT2D eigenvalue weighted by molar-refractivity contribution is 5.75. The molecule has 1 aliphatic heterocycles. The highest BCUT2D eigenvalue weighted by Gasteiger charge is 2.40. The number of likely N-dealkylation sites (tertiary alicyclic amines) is 1. The number of carboxylic acid groups (broad SMARTS) is 1. The summed E-state index contributed by atoms with van der Waals surface area (Å²) in [5.41, 5.74) is 0. The van der Waals surface area contributed by atoms with Crippen molar-refractivity contribution < 1.29 is 29.0 Å². The molecule has 0 amide bonds. The van der Waals surface area contributed by atoms with Gasteiger partial charge in [-0.2, -0.15) is 0 Å². The molecule has 0 aromatic heterocycles. The molecule has 0 bridgehead atoms. The fourth-order valence-corrected chi connectivity index (χ4v) is 3.40. The first-order valence-electron chi connectivity index (χ1n) is 7.33. The Bertz CT molecular complexity index is 380. The molecule has 0 aromatic carbocycles. The number of rotatable bonds is 5. The normalized spacial score (nSPS) is 32.2. The van der Waals surface area contributed by atoms with E-state index in [-0.39, 0.29) is 18.6 Å². The zero-order chi connectivity index (χ0) is 14.8. The topological polar surface area (TPSA) is 83.8 Å². The lowest BCUT2D eigenvalue weighted by atomic mass is 10.0. The van der Waals surface area contributed by atoms with Gasteiger partial charge in [0.1, 0.15) is 6.54 Å². The molecule has 1 aliphatic carbocycles. The van der Waals surface area contributed by atoms with E-state index in [9.17, 15) is 14.7 Å². The number of esters is 1. The number of likely N-dealkylation sites (N-methyl/N-ethyl adjacent to an activating group) is 1. The van der Waals surface area contributed by atoms with E-state index >= 15 is 0 Å². The van der Waals surface area contributed by atoms with Gasteiger partial charge in [0.15, 0.2) is 18.8 Å². The molecule has 0 radical (unpaired) electrons. The summed E-state index contributed by atoms with van der Waals surface area (Å²) in [7, 11) is 1.86. The zero-order valence-corrected chi connectivity index (χ0v) is 12.0. The van der Waals surface area contributed by atoms with Crippen molar-refractivity contribution in [3.8, 4) is 0 Å². The van der Waals surface area contributed by atoms with Gasteiger partial charge in [0.2, 0.25) is 0 Å². The summed E-state index contributed by atoms with van der Waals surface area (Å²) >= 11 is 0. The van der Waals surface area contributed by atoms with Gasteiger partial charge >= 0.3 is 11.9 Å². The molecule has 2 fully saturated rings. The standard InChI is InChI=1S/C14H23NO5/c1-15(9-12(16)17)7-6-11(8-15)20-14(19)13(18)10-4-2-3-5-10/h10-11,13,18H,2-9H2,1H3/p+1. The van der Waals surface area contributed by atoms with Crippen molar-refractivity contribution in [2.24, 2.45) is 5.92 Å². The van der Waals surface area contributed by atoms with Gasteiger partial charge < -0.3 is 19.4 Å². The summed E-state index contributed by atoms with van der Waals surface area (Å²) in [4.78, 5) is 22.7. The molecule has 0 spiro atoms. The highest BCUT2D eigenvalue weighted by atomic mass is 16.6. The number of ether oxygens (including phenoxy) is 1. The molecule has 3 atom stereocenters. The smallest absolute Gasteiger partial charge is 0.359 e. The second kappa shape index (κ2) is 6.10. The van der Waals surface area contributed by atoms with Gasteiger partial charge in [-0.25, -0.2) is 9.59 Å². The number of quaternary nitrogens is 1. The van der Waals surface area contributed by atoms with Crippen molar-refractivity contribution >= 4 is 11.9 Å². The SMILES string of the molecule is C[N+]1(CC(=O)O)CCC(OC(=O)C(O)C2CCCC2)C1. The maximum atomic E-state index is 11.9. The Morgan fingerprint density at radius 3 is 2.55 bits per heavy atom. The fraction of sp³-hybridized carbons (Fsp3) is 0.857. The number of carboxylic acids is 1. The molecular weight excluding hydrogens is 262 g/mol. The van der Waals surface area contributed by atoms with E-state index in [0.29, 0.717) is 24.0 Å². The number of hydrogen-bond donors (Lipinski definition) is 2. The van der Waals surface area contributed by atoms with Crippen LogP contribution in [0.25, 0.3) is 0 Å². The minimum atomic E-state index is -1.02. The Labute approximate surface area is 118 Å². The van der Waals surface area contributed by atoms with Crippen molar-refractivity contribution in [2.75, 3.05) is 26.7 Å². The van der Waals surface area contributed by atoms with Crippen LogP contribution in [0, 0.1) is 5.92 Å². The predicted molar refractivity (Wildman–Crippen MR) is 70.9 cm³/mol. The van der Waals surface area contributed by atoms with E-state index in [1.54, 1.807) is 0 Å². The van der Waals surface area contributed by atoms with Gasteiger partial charge in [0.05, 0.1) is 13.6 Å². The molecule has 114 valence electrons. The van der Waals surface area contributed by atoms with E-state index in [2.05, 4.69) is 0 Å². The second-order valence-corrected chi connectivity index (χ2v) is 6.41. The lowest BCUT2D eigenvalue weighted by Gasteiger charge is -2.27. The first-order valence-corrected chi connectivity index (χ1v) is 7.33. The van der Waals surface area contributed by atoms with Crippen molar-refractivity contribution in [1.82, 2.24) is 0 Å². The number of aliphatic hydroxyl groups is 1. The zero-order valence-electron chi connectivity index (χ0n) is 12.0. The molecular formula is C14H24NO5+. The Hall–Kier alpha value is -1.14. The van der Waals surface area contributed by atoms with Crippen LogP contribution in [0.15, 0.2) is 0 Å². The molecule has 6 nitrogen and oxygen atoms in total. The summed E-state index contributed by atoms with van der Waals surface area (Å²) in [5.74, 6) is -1.35. The third-order valence-electron chi connectivity index (χ3n) is 4.52.